The first-order chi connectivity index (χ1) is 11.1. The third kappa shape index (κ3) is 3.70. The van der Waals surface area contributed by atoms with Gasteiger partial charge in [-0.1, -0.05) is 12.1 Å². The standard InChI is InChI=1S/C19H30N2O2/c1-15(2)21-11-16(12-21)13-23-18-5-3-17(4-6-18)19(14-20)7-9-22-10-8-19/h3-6,15-16H,7-14,20H2,1-2H3. The molecule has 3 rings (SSSR count). The summed E-state index contributed by atoms with van der Waals surface area (Å²) in [6.45, 7) is 9.94. The molecule has 2 N–H and O–H groups in total. The highest BCUT2D eigenvalue weighted by molar-refractivity contribution is 5.33. The molecule has 0 radical (unpaired) electrons. The summed E-state index contributed by atoms with van der Waals surface area (Å²) in [6, 6.07) is 9.23. The van der Waals surface area contributed by atoms with Crippen molar-refractivity contribution < 1.29 is 9.47 Å². The topological polar surface area (TPSA) is 47.7 Å². The van der Waals surface area contributed by atoms with Gasteiger partial charge in [0.2, 0.25) is 0 Å². The fourth-order valence-electron chi connectivity index (χ4n) is 3.63. The van der Waals surface area contributed by atoms with Crippen LogP contribution in [0.15, 0.2) is 24.3 Å². The van der Waals surface area contributed by atoms with Gasteiger partial charge in [0, 0.05) is 50.2 Å². The Hall–Kier alpha value is -1.10. The monoisotopic (exact) mass is 318 g/mol. The Labute approximate surface area is 139 Å². The molecule has 1 aromatic rings. The van der Waals surface area contributed by atoms with E-state index in [1.165, 1.54) is 5.56 Å². The second kappa shape index (κ2) is 7.20. The molecular weight excluding hydrogens is 288 g/mol. The van der Waals surface area contributed by atoms with Crippen LogP contribution in [0, 0.1) is 5.92 Å². The predicted octanol–water partition coefficient (Wildman–Crippen LogP) is 2.41. The van der Waals surface area contributed by atoms with Crippen molar-refractivity contribution in [3.63, 3.8) is 0 Å². The van der Waals surface area contributed by atoms with Crippen LogP contribution in [0.2, 0.25) is 0 Å². The van der Waals surface area contributed by atoms with E-state index in [9.17, 15) is 0 Å². The largest absolute Gasteiger partial charge is 0.493 e. The van der Waals surface area contributed by atoms with E-state index in [2.05, 4.69) is 43.0 Å². The smallest absolute Gasteiger partial charge is 0.119 e. The maximum absolute atomic E-state index is 6.08. The zero-order chi connectivity index (χ0) is 16.3. The highest BCUT2D eigenvalue weighted by atomic mass is 16.5. The Morgan fingerprint density at radius 3 is 2.43 bits per heavy atom. The number of nitrogens with two attached hydrogens (primary N) is 1. The molecule has 2 aliphatic heterocycles. The lowest BCUT2D eigenvalue weighted by atomic mass is 9.74. The number of ether oxygens (including phenoxy) is 2. The van der Waals surface area contributed by atoms with Crippen molar-refractivity contribution in [1.29, 1.82) is 0 Å². The average Bonchev–Trinajstić information content (AvgIpc) is 2.54. The summed E-state index contributed by atoms with van der Waals surface area (Å²) in [5.41, 5.74) is 7.49. The summed E-state index contributed by atoms with van der Waals surface area (Å²) >= 11 is 0. The van der Waals surface area contributed by atoms with E-state index in [-0.39, 0.29) is 5.41 Å². The van der Waals surface area contributed by atoms with Gasteiger partial charge in [0.1, 0.15) is 5.75 Å². The zero-order valence-electron chi connectivity index (χ0n) is 14.5. The van der Waals surface area contributed by atoms with Gasteiger partial charge in [0.05, 0.1) is 6.61 Å². The lowest BCUT2D eigenvalue weighted by molar-refractivity contribution is 0.0375. The highest BCUT2D eigenvalue weighted by Gasteiger charge is 2.33. The first-order valence-corrected chi connectivity index (χ1v) is 8.88. The van der Waals surface area contributed by atoms with Crippen molar-refractivity contribution in [3.05, 3.63) is 29.8 Å². The predicted molar refractivity (Wildman–Crippen MR) is 92.9 cm³/mol. The SMILES string of the molecule is CC(C)N1CC(COc2ccc(C3(CN)CCOCC3)cc2)C1. The molecule has 0 bridgehead atoms. The fraction of sp³-hybridized carbons (Fsp3) is 0.684. The minimum absolute atomic E-state index is 0.0858. The molecule has 0 aromatic heterocycles. The summed E-state index contributed by atoms with van der Waals surface area (Å²) in [7, 11) is 0. The molecule has 4 heteroatoms. The van der Waals surface area contributed by atoms with E-state index in [4.69, 9.17) is 15.2 Å². The van der Waals surface area contributed by atoms with E-state index in [0.717, 1.165) is 51.5 Å². The molecule has 23 heavy (non-hydrogen) atoms. The van der Waals surface area contributed by atoms with Crippen molar-refractivity contribution in [2.24, 2.45) is 11.7 Å². The van der Waals surface area contributed by atoms with Gasteiger partial charge in [-0.05, 0) is 44.4 Å². The highest BCUT2D eigenvalue weighted by Crippen LogP contribution is 2.34. The van der Waals surface area contributed by atoms with E-state index in [1.807, 2.05) is 0 Å². The number of benzene rings is 1. The molecule has 2 fully saturated rings. The van der Waals surface area contributed by atoms with Gasteiger partial charge < -0.3 is 20.1 Å². The Balaban J connectivity index is 1.53. The summed E-state index contributed by atoms with van der Waals surface area (Å²) in [4.78, 5) is 2.48. The van der Waals surface area contributed by atoms with Crippen LogP contribution >= 0.6 is 0 Å². The maximum atomic E-state index is 6.08. The van der Waals surface area contributed by atoms with E-state index in [0.29, 0.717) is 18.5 Å². The second-order valence-corrected chi connectivity index (χ2v) is 7.35. The van der Waals surface area contributed by atoms with E-state index >= 15 is 0 Å². The Morgan fingerprint density at radius 1 is 1.22 bits per heavy atom. The van der Waals surface area contributed by atoms with Gasteiger partial charge in [0.25, 0.3) is 0 Å². The molecule has 2 heterocycles. The van der Waals surface area contributed by atoms with Crippen LogP contribution in [-0.2, 0) is 10.2 Å². The molecular formula is C19H30N2O2. The average molecular weight is 318 g/mol. The van der Waals surface area contributed by atoms with Crippen molar-refractivity contribution in [2.75, 3.05) is 39.5 Å². The number of rotatable bonds is 6. The molecule has 0 spiro atoms. The molecule has 4 nitrogen and oxygen atoms in total. The molecule has 0 aliphatic carbocycles. The lowest BCUT2D eigenvalue weighted by Crippen LogP contribution is -2.52. The molecule has 0 unspecified atom stereocenters. The van der Waals surface area contributed by atoms with Crippen LogP contribution < -0.4 is 10.5 Å². The van der Waals surface area contributed by atoms with Crippen molar-refractivity contribution in [3.8, 4) is 5.75 Å². The van der Waals surface area contributed by atoms with Gasteiger partial charge in [-0.15, -0.1) is 0 Å². The van der Waals surface area contributed by atoms with Gasteiger partial charge in [-0.3, -0.25) is 0 Å². The number of nitrogens with zero attached hydrogens (tertiary/aromatic N) is 1. The Morgan fingerprint density at radius 2 is 1.87 bits per heavy atom. The van der Waals surface area contributed by atoms with Crippen LogP contribution in [0.4, 0.5) is 0 Å². The number of likely N-dealkylation sites (tertiary alicyclic amines) is 1. The third-order valence-corrected chi connectivity index (χ3v) is 5.51. The number of hydrogen-bond acceptors (Lipinski definition) is 4. The van der Waals surface area contributed by atoms with Crippen molar-refractivity contribution in [1.82, 2.24) is 4.90 Å². The minimum atomic E-state index is 0.0858. The molecule has 0 saturated carbocycles. The molecule has 2 saturated heterocycles. The Kier molecular flexibility index (Phi) is 5.24. The minimum Gasteiger partial charge on any atom is -0.493 e. The molecule has 2 aliphatic rings. The van der Waals surface area contributed by atoms with Crippen LogP contribution in [-0.4, -0.2) is 50.4 Å². The summed E-state index contributed by atoms with van der Waals surface area (Å²) in [6.07, 6.45) is 2.02. The summed E-state index contributed by atoms with van der Waals surface area (Å²) < 4.78 is 11.5. The van der Waals surface area contributed by atoms with Gasteiger partial charge in [-0.25, -0.2) is 0 Å². The quantitative estimate of drug-likeness (QED) is 0.875. The number of hydrogen-bond donors (Lipinski definition) is 1. The summed E-state index contributed by atoms with van der Waals surface area (Å²) in [5, 5.41) is 0. The molecule has 128 valence electrons. The Bertz CT molecular complexity index is 489. The molecule has 1 aromatic carbocycles. The van der Waals surface area contributed by atoms with Gasteiger partial charge >= 0.3 is 0 Å². The van der Waals surface area contributed by atoms with Crippen LogP contribution in [0.5, 0.6) is 5.75 Å². The molecule has 0 amide bonds. The lowest BCUT2D eigenvalue weighted by Gasteiger charge is -2.41. The molecule has 0 atom stereocenters. The van der Waals surface area contributed by atoms with Crippen molar-refractivity contribution >= 4 is 0 Å². The first-order valence-electron chi connectivity index (χ1n) is 8.88. The van der Waals surface area contributed by atoms with Crippen LogP contribution in [0.1, 0.15) is 32.3 Å². The second-order valence-electron chi connectivity index (χ2n) is 7.35. The normalized spacial score (nSPS) is 22.1. The van der Waals surface area contributed by atoms with Gasteiger partial charge in [-0.2, -0.15) is 0 Å². The van der Waals surface area contributed by atoms with E-state index < -0.39 is 0 Å². The van der Waals surface area contributed by atoms with Crippen LogP contribution in [0.25, 0.3) is 0 Å². The third-order valence-electron chi connectivity index (χ3n) is 5.51. The zero-order valence-corrected chi connectivity index (χ0v) is 14.5. The summed E-state index contributed by atoms with van der Waals surface area (Å²) in [5.74, 6) is 1.64. The van der Waals surface area contributed by atoms with Gasteiger partial charge in [0.15, 0.2) is 0 Å². The van der Waals surface area contributed by atoms with Crippen LogP contribution in [0.3, 0.4) is 0 Å². The van der Waals surface area contributed by atoms with E-state index in [1.54, 1.807) is 0 Å². The van der Waals surface area contributed by atoms with Crippen molar-refractivity contribution in [2.45, 2.75) is 38.1 Å². The fourth-order valence-corrected chi connectivity index (χ4v) is 3.63. The maximum Gasteiger partial charge on any atom is 0.119 e. The first kappa shape index (κ1) is 16.7.